The number of piperazine rings is 1. The molecule has 3 heterocycles. The standard InChI is InChI=1S/C21H29FN6O/c1-15-14-28(5-4-26(15)3)20-11-18(22)17(10-19(20)23-2)16-12-24-21(25-13-16)27-6-8-29-9-7-27/h10-13,15,23H,4-9,14H2,1-3H3. The predicted octanol–water partition coefficient (Wildman–Crippen LogP) is 2.30. The molecule has 4 rings (SSSR count). The first-order valence-corrected chi connectivity index (χ1v) is 10.2. The fraction of sp³-hybridized carbons (Fsp3) is 0.524. The first kappa shape index (κ1) is 19.8. The molecule has 1 aromatic heterocycles. The van der Waals surface area contributed by atoms with Crippen molar-refractivity contribution in [3.63, 3.8) is 0 Å². The van der Waals surface area contributed by atoms with Gasteiger partial charge in [0.25, 0.3) is 0 Å². The Balaban J connectivity index is 1.59. The van der Waals surface area contributed by atoms with Gasteiger partial charge in [-0.1, -0.05) is 0 Å². The lowest BCUT2D eigenvalue weighted by Crippen LogP contribution is -2.50. The summed E-state index contributed by atoms with van der Waals surface area (Å²) in [6, 6.07) is 3.92. The summed E-state index contributed by atoms with van der Waals surface area (Å²) in [4.78, 5) is 15.6. The molecule has 2 fully saturated rings. The fourth-order valence-electron chi connectivity index (χ4n) is 3.90. The molecule has 0 aliphatic carbocycles. The fourth-order valence-corrected chi connectivity index (χ4v) is 3.90. The van der Waals surface area contributed by atoms with Gasteiger partial charge in [0.05, 0.1) is 24.6 Å². The Hall–Kier alpha value is -2.45. The quantitative estimate of drug-likeness (QED) is 0.845. The van der Waals surface area contributed by atoms with Crippen molar-refractivity contribution in [3.05, 3.63) is 30.3 Å². The van der Waals surface area contributed by atoms with Crippen LogP contribution in [0.4, 0.5) is 21.7 Å². The third-order valence-corrected chi connectivity index (χ3v) is 5.90. The van der Waals surface area contributed by atoms with Crippen LogP contribution in [0, 0.1) is 5.82 Å². The van der Waals surface area contributed by atoms with Gasteiger partial charge >= 0.3 is 0 Å². The van der Waals surface area contributed by atoms with Gasteiger partial charge in [-0.25, -0.2) is 14.4 Å². The smallest absolute Gasteiger partial charge is 0.225 e. The topological polar surface area (TPSA) is 56.8 Å². The van der Waals surface area contributed by atoms with Gasteiger partial charge in [0.15, 0.2) is 0 Å². The monoisotopic (exact) mass is 400 g/mol. The van der Waals surface area contributed by atoms with Gasteiger partial charge in [-0.3, -0.25) is 0 Å². The number of benzene rings is 1. The maximum atomic E-state index is 15.1. The molecule has 0 spiro atoms. The summed E-state index contributed by atoms with van der Waals surface area (Å²) in [5, 5.41) is 3.23. The molecule has 0 amide bonds. The molecular weight excluding hydrogens is 371 g/mol. The number of hydrogen-bond acceptors (Lipinski definition) is 7. The highest BCUT2D eigenvalue weighted by molar-refractivity contribution is 5.78. The van der Waals surface area contributed by atoms with E-state index >= 15 is 4.39 Å². The highest BCUT2D eigenvalue weighted by atomic mass is 19.1. The second kappa shape index (κ2) is 8.51. The van der Waals surface area contributed by atoms with E-state index in [1.165, 1.54) is 0 Å². The average molecular weight is 401 g/mol. The molecule has 29 heavy (non-hydrogen) atoms. The molecule has 7 nitrogen and oxygen atoms in total. The van der Waals surface area contributed by atoms with Crippen LogP contribution in [0.15, 0.2) is 24.5 Å². The van der Waals surface area contributed by atoms with Crippen molar-refractivity contribution in [1.29, 1.82) is 0 Å². The van der Waals surface area contributed by atoms with Crippen molar-refractivity contribution < 1.29 is 9.13 Å². The summed E-state index contributed by atoms with van der Waals surface area (Å²) in [7, 11) is 4.00. The van der Waals surface area contributed by atoms with Crippen molar-refractivity contribution in [1.82, 2.24) is 14.9 Å². The molecule has 2 aliphatic rings. The Morgan fingerprint density at radius 2 is 1.79 bits per heavy atom. The number of halogens is 1. The SMILES string of the molecule is CNc1cc(-c2cnc(N3CCOCC3)nc2)c(F)cc1N1CCN(C)C(C)C1. The molecule has 156 valence electrons. The lowest BCUT2D eigenvalue weighted by molar-refractivity contribution is 0.122. The third-order valence-electron chi connectivity index (χ3n) is 5.90. The van der Waals surface area contributed by atoms with Gasteiger partial charge in [-0.2, -0.15) is 0 Å². The van der Waals surface area contributed by atoms with Gasteiger partial charge < -0.3 is 24.8 Å². The average Bonchev–Trinajstić information content (AvgIpc) is 2.76. The number of anilines is 3. The zero-order valence-corrected chi connectivity index (χ0v) is 17.4. The molecule has 2 saturated heterocycles. The van der Waals surface area contributed by atoms with Crippen molar-refractivity contribution >= 4 is 17.3 Å². The zero-order valence-electron chi connectivity index (χ0n) is 17.4. The Kier molecular flexibility index (Phi) is 5.82. The van der Waals surface area contributed by atoms with Gasteiger partial charge in [0.2, 0.25) is 5.95 Å². The summed E-state index contributed by atoms with van der Waals surface area (Å²) in [6.07, 6.45) is 3.40. The van der Waals surface area contributed by atoms with Crippen molar-refractivity contribution in [2.24, 2.45) is 0 Å². The minimum absolute atomic E-state index is 0.256. The lowest BCUT2D eigenvalue weighted by atomic mass is 10.0. The van der Waals surface area contributed by atoms with Crippen molar-refractivity contribution in [2.75, 3.05) is 75.1 Å². The number of nitrogens with zero attached hydrogens (tertiary/aromatic N) is 5. The molecule has 1 atom stereocenters. The molecule has 1 N–H and O–H groups in total. The normalized spacial score (nSPS) is 20.8. The van der Waals surface area contributed by atoms with Crippen LogP contribution >= 0.6 is 0 Å². The molecule has 2 aliphatic heterocycles. The maximum Gasteiger partial charge on any atom is 0.225 e. The van der Waals surface area contributed by atoms with Crippen LogP contribution in [0.3, 0.4) is 0 Å². The Labute approximate surface area is 171 Å². The first-order valence-electron chi connectivity index (χ1n) is 10.2. The van der Waals surface area contributed by atoms with Crippen LogP contribution < -0.4 is 15.1 Å². The van der Waals surface area contributed by atoms with E-state index in [1.54, 1.807) is 18.5 Å². The van der Waals surface area contributed by atoms with Crippen LogP contribution in [0.1, 0.15) is 6.92 Å². The van der Waals surface area contributed by atoms with E-state index in [1.807, 2.05) is 13.1 Å². The number of rotatable bonds is 4. The van der Waals surface area contributed by atoms with E-state index in [0.717, 1.165) is 44.1 Å². The van der Waals surface area contributed by atoms with Gasteiger partial charge in [-0.15, -0.1) is 0 Å². The Morgan fingerprint density at radius 1 is 1.07 bits per heavy atom. The number of nitrogens with one attached hydrogen (secondary N) is 1. The van der Waals surface area contributed by atoms with Crippen LogP contribution in [-0.2, 0) is 4.74 Å². The number of morpholine rings is 1. The molecule has 8 heteroatoms. The molecule has 1 unspecified atom stereocenters. The van der Waals surface area contributed by atoms with E-state index in [0.29, 0.717) is 36.3 Å². The van der Waals surface area contributed by atoms with Crippen molar-refractivity contribution in [3.8, 4) is 11.1 Å². The summed E-state index contributed by atoms with van der Waals surface area (Å²) in [6.45, 7) is 7.82. The van der Waals surface area contributed by atoms with E-state index in [2.05, 4.69) is 44.0 Å². The highest BCUT2D eigenvalue weighted by Gasteiger charge is 2.24. The second-order valence-corrected chi connectivity index (χ2v) is 7.75. The van der Waals surface area contributed by atoms with Crippen LogP contribution in [0.5, 0.6) is 0 Å². The molecule has 0 bridgehead atoms. The number of likely N-dealkylation sites (N-methyl/N-ethyl adjacent to an activating group) is 1. The number of ether oxygens (including phenoxy) is 1. The summed E-state index contributed by atoms with van der Waals surface area (Å²) in [5.41, 5.74) is 3.00. The minimum Gasteiger partial charge on any atom is -0.386 e. The Morgan fingerprint density at radius 3 is 2.45 bits per heavy atom. The van der Waals surface area contributed by atoms with Crippen LogP contribution in [0.25, 0.3) is 11.1 Å². The van der Waals surface area contributed by atoms with Gasteiger partial charge in [-0.05, 0) is 26.1 Å². The molecular formula is C21H29FN6O. The van der Waals surface area contributed by atoms with Crippen LogP contribution in [-0.4, -0.2) is 80.9 Å². The van der Waals surface area contributed by atoms with Gasteiger partial charge in [0, 0.05) is 69.3 Å². The number of aromatic nitrogens is 2. The first-order chi connectivity index (χ1) is 14.1. The Bertz CT molecular complexity index is 840. The van der Waals surface area contributed by atoms with E-state index in [-0.39, 0.29) is 5.82 Å². The zero-order chi connectivity index (χ0) is 20.4. The maximum absolute atomic E-state index is 15.1. The van der Waals surface area contributed by atoms with E-state index in [9.17, 15) is 0 Å². The van der Waals surface area contributed by atoms with E-state index < -0.39 is 0 Å². The molecule has 1 aromatic carbocycles. The summed E-state index contributed by atoms with van der Waals surface area (Å²) >= 11 is 0. The third kappa shape index (κ3) is 4.13. The van der Waals surface area contributed by atoms with Crippen molar-refractivity contribution in [2.45, 2.75) is 13.0 Å². The van der Waals surface area contributed by atoms with E-state index in [4.69, 9.17) is 4.74 Å². The predicted molar refractivity (Wildman–Crippen MR) is 114 cm³/mol. The molecule has 0 saturated carbocycles. The number of hydrogen-bond donors (Lipinski definition) is 1. The van der Waals surface area contributed by atoms with Crippen LogP contribution in [0.2, 0.25) is 0 Å². The molecule has 2 aromatic rings. The minimum atomic E-state index is -0.256. The summed E-state index contributed by atoms with van der Waals surface area (Å²) in [5.74, 6) is 0.405. The highest BCUT2D eigenvalue weighted by Crippen LogP contribution is 2.34. The second-order valence-electron chi connectivity index (χ2n) is 7.75. The lowest BCUT2D eigenvalue weighted by Gasteiger charge is -2.39. The largest absolute Gasteiger partial charge is 0.386 e. The molecule has 0 radical (unpaired) electrons. The summed E-state index contributed by atoms with van der Waals surface area (Å²) < 4.78 is 20.5. The van der Waals surface area contributed by atoms with Gasteiger partial charge in [0.1, 0.15) is 5.82 Å².